The van der Waals surface area contributed by atoms with Gasteiger partial charge < -0.3 is 20.3 Å². The largest absolute Gasteiger partial charge is 0.495 e. The Labute approximate surface area is 166 Å². The van der Waals surface area contributed by atoms with Crippen LogP contribution in [0, 0.1) is 6.92 Å². The molecule has 0 bridgehead atoms. The number of carbonyl (C=O) groups is 2. The molecule has 0 aliphatic carbocycles. The van der Waals surface area contributed by atoms with Crippen LogP contribution in [0.1, 0.15) is 25.0 Å². The molecule has 3 N–H and O–H groups in total. The van der Waals surface area contributed by atoms with Crippen LogP contribution in [0.2, 0.25) is 0 Å². The van der Waals surface area contributed by atoms with E-state index in [1.165, 1.54) is 0 Å². The van der Waals surface area contributed by atoms with Gasteiger partial charge in [-0.25, -0.2) is 0 Å². The molecule has 2 aromatic carbocycles. The number of quaternary nitrogens is 1. The Bertz CT molecular complexity index is 820. The van der Waals surface area contributed by atoms with Gasteiger partial charge in [-0.2, -0.15) is 0 Å². The maximum atomic E-state index is 12.6. The van der Waals surface area contributed by atoms with Crippen LogP contribution in [0.3, 0.4) is 0 Å². The minimum Gasteiger partial charge on any atom is -0.495 e. The van der Waals surface area contributed by atoms with Gasteiger partial charge in [0, 0.05) is 5.69 Å². The van der Waals surface area contributed by atoms with Gasteiger partial charge >= 0.3 is 0 Å². The first-order valence-electron chi connectivity index (χ1n) is 9.63. The van der Waals surface area contributed by atoms with E-state index in [1.54, 1.807) is 19.2 Å². The number of ether oxygens (including phenoxy) is 1. The predicted octanol–water partition coefficient (Wildman–Crippen LogP) is 2.05. The van der Waals surface area contributed by atoms with E-state index >= 15 is 0 Å². The molecule has 6 nitrogen and oxygen atoms in total. The molecular formula is C22H30N3O3+. The number of likely N-dealkylation sites (N-methyl/N-ethyl adjacent to an activating group) is 1. The minimum absolute atomic E-state index is 0.0917. The van der Waals surface area contributed by atoms with E-state index in [9.17, 15) is 9.59 Å². The van der Waals surface area contributed by atoms with Gasteiger partial charge in [-0.1, -0.05) is 37.3 Å². The first-order chi connectivity index (χ1) is 13.5. The second kappa shape index (κ2) is 10.5. The number of anilines is 2. The molecule has 0 aliphatic rings. The first-order valence-corrected chi connectivity index (χ1v) is 9.63. The van der Waals surface area contributed by atoms with E-state index in [0.717, 1.165) is 28.1 Å². The van der Waals surface area contributed by atoms with Crippen molar-refractivity contribution in [2.75, 3.05) is 37.4 Å². The number of hydrogen-bond acceptors (Lipinski definition) is 3. The van der Waals surface area contributed by atoms with Crippen LogP contribution in [-0.4, -0.2) is 38.6 Å². The zero-order valence-corrected chi connectivity index (χ0v) is 17.1. The highest BCUT2D eigenvalue weighted by Gasteiger charge is 2.19. The normalized spacial score (nSPS) is 11.6. The summed E-state index contributed by atoms with van der Waals surface area (Å²) in [7, 11) is 1.56. The van der Waals surface area contributed by atoms with Crippen molar-refractivity contribution in [3.8, 4) is 5.75 Å². The highest BCUT2D eigenvalue weighted by molar-refractivity contribution is 5.94. The van der Waals surface area contributed by atoms with Gasteiger partial charge in [0.15, 0.2) is 13.1 Å². The third-order valence-electron chi connectivity index (χ3n) is 4.71. The van der Waals surface area contributed by atoms with Gasteiger partial charge in [0.2, 0.25) is 0 Å². The summed E-state index contributed by atoms with van der Waals surface area (Å²) in [5.74, 6) is 0.364. The second-order valence-corrected chi connectivity index (χ2v) is 6.72. The topological polar surface area (TPSA) is 71.9 Å². The molecule has 2 amide bonds. The van der Waals surface area contributed by atoms with Gasteiger partial charge in [0.1, 0.15) is 5.75 Å². The summed E-state index contributed by atoms with van der Waals surface area (Å²) in [5.41, 5.74) is 3.66. The summed E-state index contributed by atoms with van der Waals surface area (Å²) in [5, 5.41) is 5.88. The third-order valence-corrected chi connectivity index (χ3v) is 4.71. The molecule has 2 rings (SSSR count). The van der Waals surface area contributed by atoms with Crippen molar-refractivity contribution < 1.29 is 19.2 Å². The van der Waals surface area contributed by atoms with E-state index in [-0.39, 0.29) is 24.9 Å². The van der Waals surface area contributed by atoms with Crippen molar-refractivity contribution in [1.29, 1.82) is 0 Å². The van der Waals surface area contributed by atoms with Crippen molar-refractivity contribution in [2.45, 2.75) is 27.2 Å². The average Bonchev–Trinajstić information content (AvgIpc) is 2.69. The van der Waals surface area contributed by atoms with E-state index in [4.69, 9.17) is 4.74 Å². The Morgan fingerprint density at radius 2 is 1.64 bits per heavy atom. The Balaban J connectivity index is 1.96. The molecule has 0 saturated carbocycles. The van der Waals surface area contributed by atoms with Gasteiger partial charge in [0.25, 0.3) is 11.8 Å². The number of rotatable bonds is 9. The standard InChI is InChI=1S/C22H29N3O3/c1-5-17-11-9-10-16(3)22(17)24-21(27)15-25(6-2)14-20(26)23-18-12-7-8-13-19(18)28-4/h7-13H,5-6,14-15H2,1-4H3,(H,23,26)(H,24,27)/p+1. The number of benzene rings is 2. The van der Waals surface area contributed by atoms with E-state index in [2.05, 4.69) is 17.6 Å². The van der Waals surface area contributed by atoms with Crippen LogP contribution in [0.25, 0.3) is 0 Å². The van der Waals surface area contributed by atoms with Gasteiger partial charge in [-0.15, -0.1) is 0 Å². The quantitative estimate of drug-likeness (QED) is 0.620. The number of amides is 2. The van der Waals surface area contributed by atoms with Crippen LogP contribution in [0.4, 0.5) is 11.4 Å². The van der Waals surface area contributed by atoms with Gasteiger partial charge in [-0.05, 0) is 43.5 Å². The summed E-state index contributed by atoms with van der Waals surface area (Å²) in [6, 6.07) is 13.3. The third kappa shape index (κ3) is 5.82. The fraction of sp³-hybridized carbons (Fsp3) is 0.364. The van der Waals surface area contributed by atoms with Gasteiger partial charge in [0.05, 0.1) is 19.3 Å². The molecule has 6 heteroatoms. The Morgan fingerprint density at radius 3 is 2.29 bits per heavy atom. The molecule has 0 heterocycles. The summed E-state index contributed by atoms with van der Waals surface area (Å²) < 4.78 is 5.26. The van der Waals surface area contributed by atoms with Crippen LogP contribution in [0.15, 0.2) is 42.5 Å². The smallest absolute Gasteiger partial charge is 0.279 e. The number of aryl methyl sites for hydroxylation is 2. The highest BCUT2D eigenvalue weighted by Crippen LogP contribution is 2.22. The molecule has 150 valence electrons. The summed E-state index contributed by atoms with van der Waals surface area (Å²) in [6.45, 7) is 7.12. The monoisotopic (exact) mass is 384 g/mol. The number of hydrogen-bond donors (Lipinski definition) is 3. The van der Waals surface area contributed by atoms with Crippen molar-refractivity contribution in [2.24, 2.45) is 0 Å². The Hall–Kier alpha value is -2.86. The highest BCUT2D eigenvalue weighted by atomic mass is 16.5. The summed E-state index contributed by atoms with van der Waals surface area (Å²) >= 11 is 0. The van der Waals surface area contributed by atoms with Gasteiger partial charge in [-0.3, -0.25) is 9.59 Å². The lowest BCUT2D eigenvalue weighted by Crippen LogP contribution is -3.13. The number of nitrogens with one attached hydrogen (secondary N) is 3. The van der Waals surface area contributed by atoms with Crippen molar-refractivity contribution in [1.82, 2.24) is 0 Å². The molecule has 1 unspecified atom stereocenters. The predicted molar refractivity (Wildman–Crippen MR) is 112 cm³/mol. The van der Waals surface area contributed by atoms with Crippen LogP contribution in [0.5, 0.6) is 5.75 Å². The Morgan fingerprint density at radius 1 is 0.964 bits per heavy atom. The van der Waals surface area contributed by atoms with E-state index in [0.29, 0.717) is 18.0 Å². The van der Waals surface area contributed by atoms with Crippen molar-refractivity contribution >= 4 is 23.2 Å². The maximum Gasteiger partial charge on any atom is 0.279 e. The minimum atomic E-state index is -0.153. The molecule has 2 aromatic rings. The lowest BCUT2D eigenvalue weighted by molar-refractivity contribution is -0.881. The molecule has 1 atom stereocenters. The van der Waals surface area contributed by atoms with Crippen LogP contribution >= 0.6 is 0 Å². The number of methoxy groups -OCH3 is 1. The summed E-state index contributed by atoms with van der Waals surface area (Å²) in [6.07, 6.45) is 0.850. The summed E-state index contributed by atoms with van der Waals surface area (Å²) in [4.78, 5) is 25.9. The fourth-order valence-electron chi connectivity index (χ4n) is 3.09. The molecule has 0 spiro atoms. The molecule has 0 fully saturated rings. The van der Waals surface area contributed by atoms with E-state index in [1.807, 2.05) is 44.2 Å². The van der Waals surface area contributed by atoms with Crippen LogP contribution < -0.4 is 20.3 Å². The van der Waals surface area contributed by atoms with Crippen molar-refractivity contribution in [3.05, 3.63) is 53.6 Å². The zero-order valence-electron chi connectivity index (χ0n) is 17.1. The second-order valence-electron chi connectivity index (χ2n) is 6.72. The molecule has 0 radical (unpaired) electrons. The number of carbonyl (C=O) groups excluding carboxylic acids is 2. The molecule has 28 heavy (non-hydrogen) atoms. The lowest BCUT2D eigenvalue weighted by atomic mass is 10.1. The molecule has 0 saturated heterocycles. The lowest BCUT2D eigenvalue weighted by Gasteiger charge is -2.19. The Kier molecular flexibility index (Phi) is 8.02. The fourth-order valence-corrected chi connectivity index (χ4v) is 3.09. The molecule has 0 aliphatic heterocycles. The van der Waals surface area contributed by atoms with Crippen molar-refractivity contribution in [3.63, 3.8) is 0 Å². The first kappa shape index (κ1) is 21.4. The zero-order chi connectivity index (χ0) is 20.5. The SMILES string of the molecule is CCc1cccc(C)c1NC(=O)C[NH+](CC)CC(=O)Nc1ccccc1OC. The average molecular weight is 385 g/mol. The molecular weight excluding hydrogens is 354 g/mol. The molecule has 0 aromatic heterocycles. The number of para-hydroxylation sites is 3. The van der Waals surface area contributed by atoms with Crippen LogP contribution in [-0.2, 0) is 16.0 Å². The van der Waals surface area contributed by atoms with E-state index < -0.39 is 0 Å². The maximum absolute atomic E-state index is 12.6.